The highest BCUT2D eigenvalue weighted by Gasteiger charge is 2.37. The van der Waals surface area contributed by atoms with E-state index in [0.29, 0.717) is 0 Å². The summed E-state index contributed by atoms with van der Waals surface area (Å²) in [5.41, 5.74) is 9.75. The Kier molecular flexibility index (Phi) is 8.37. The monoisotopic (exact) mass is 381 g/mol. The van der Waals surface area contributed by atoms with Crippen LogP contribution in [-0.2, 0) is 4.79 Å². The van der Waals surface area contributed by atoms with Crippen LogP contribution in [0.15, 0.2) is 48.5 Å². The van der Waals surface area contributed by atoms with Gasteiger partial charge in [-0.15, -0.1) is 0 Å². The van der Waals surface area contributed by atoms with Gasteiger partial charge in [0.15, 0.2) is 0 Å². The zero-order valence-electron chi connectivity index (χ0n) is 17.8. The van der Waals surface area contributed by atoms with Crippen LogP contribution in [0.3, 0.4) is 0 Å². The molecule has 1 amide bonds. The number of carbonyl (C=O) groups is 1. The van der Waals surface area contributed by atoms with Crippen molar-refractivity contribution in [1.29, 1.82) is 0 Å². The van der Waals surface area contributed by atoms with Crippen LogP contribution in [0.25, 0.3) is 0 Å². The van der Waals surface area contributed by atoms with Gasteiger partial charge < -0.3 is 5.32 Å². The van der Waals surface area contributed by atoms with Gasteiger partial charge in [-0.3, -0.25) is 15.6 Å². The van der Waals surface area contributed by atoms with Gasteiger partial charge in [-0.2, -0.15) is 0 Å². The third kappa shape index (κ3) is 5.75. The van der Waals surface area contributed by atoms with Crippen molar-refractivity contribution in [2.45, 2.75) is 71.8 Å². The highest BCUT2D eigenvalue weighted by molar-refractivity contribution is 5.90. The van der Waals surface area contributed by atoms with Crippen LogP contribution in [0.1, 0.15) is 63.5 Å². The maximum Gasteiger partial charge on any atom is 0.263 e. The molecule has 0 unspecified atom stereocenters. The molecule has 152 valence electrons. The molecule has 0 atom stereocenters. The summed E-state index contributed by atoms with van der Waals surface area (Å²) in [5.74, 6) is -0.000779. The Morgan fingerprint density at radius 1 is 0.893 bits per heavy atom. The first-order chi connectivity index (χ1) is 13.5. The molecule has 0 heterocycles. The average molecular weight is 382 g/mol. The molecule has 0 bridgehead atoms. The molecule has 0 saturated heterocycles. The number of aryl methyl sites for hydroxylation is 1. The van der Waals surface area contributed by atoms with Crippen molar-refractivity contribution in [2.24, 2.45) is 0 Å². The van der Waals surface area contributed by atoms with E-state index in [-0.39, 0.29) is 5.91 Å². The number of benzene rings is 2. The zero-order chi connectivity index (χ0) is 20.4. The molecule has 2 aromatic carbocycles. The molecule has 4 nitrogen and oxygen atoms in total. The maximum atomic E-state index is 13.4. The lowest BCUT2D eigenvalue weighted by molar-refractivity contribution is -0.125. The molecule has 3 N–H and O–H groups in total. The second kappa shape index (κ2) is 10.7. The largest absolute Gasteiger partial charge is 0.371 e. The van der Waals surface area contributed by atoms with Crippen molar-refractivity contribution in [3.05, 3.63) is 59.7 Å². The number of hydrogen-bond acceptors (Lipinski definition) is 3. The maximum absolute atomic E-state index is 13.4. The van der Waals surface area contributed by atoms with Gasteiger partial charge >= 0.3 is 0 Å². The Morgan fingerprint density at radius 3 is 2.14 bits per heavy atom. The van der Waals surface area contributed by atoms with Gasteiger partial charge in [-0.05, 0) is 56.0 Å². The van der Waals surface area contributed by atoms with Gasteiger partial charge in [0.1, 0.15) is 5.54 Å². The molecule has 0 aliphatic carbocycles. The van der Waals surface area contributed by atoms with Gasteiger partial charge in [-0.1, -0.05) is 69.9 Å². The molecule has 0 fully saturated rings. The predicted octanol–water partition coefficient (Wildman–Crippen LogP) is 5.98. The van der Waals surface area contributed by atoms with Crippen LogP contribution in [0.5, 0.6) is 0 Å². The van der Waals surface area contributed by atoms with Gasteiger partial charge in [0.2, 0.25) is 0 Å². The fourth-order valence-corrected chi connectivity index (χ4v) is 3.41. The van der Waals surface area contributed by atoms with Crippen molar-refractivity contribution in [1.82, 2.24) is 5.43 Å². The number of nitrogens with one attached hydrogen (secondary N) is 3. The van der Waals surface area contributed by atoms with Crippen molar-refractivity contribution in [2.75, 3.05) is 10.7 Å². The summed E-state index contributed by atoms with van der Waals surface area (Å²) in [6, 6.07) is 16.0. The molecule has 2 rings (SSSR count). The number of hydrogen-bond donors (Lipinski definition) is 3. The zero-order valence-corrected chi connectivity index (χ0v) is 17.8. The van der Waals surface area contributed by atoms with E-state index >= 15 is 0 Å². The summed E-state index contributed by atoms with van der Waals surface area (Å²) in [6.07, 6.45) is 5.72. The minimum Gasteiger partial charge on any atom is -0.371 e. The highest BCUT2D eigenvalue weighted by atomic mass is 16.2. The van der Waals surface area contributed by atoms with E-state index in [1.165, 1.54) is 11.1 Å². The number of amides is 1. The Balaban J connectivity index is 2.28. The minimum atomic E-state index is -0.633. The van der Waals surface area contributed by atoms with Crippen LogP contribution < -0.4 is 16.2 Å². The summed E-state index contributed by atoms with van der Waals surface area (Å²) in [6.45, 7) is 8.56. The molecule has 0 aliphatic rings. The number of para-hydroxylation sites is 1. The Hall–Kier alpha value is -2.49. The first-order valence-electron chi connectivity index (χ1n) is 10.5. The SMILES string of the molecule is CCCCC(CCCC)(Nc1cccc(C)c1C)C(=O)NNc1ccccc1. The smallest absolute Gasteiger partial charge is 0.263 e. The van der Waals surface area contributed by atoms with Crippen LogP contribution in [0, 0.1) is 13.8 Å². The summed E-state index contributed by atoms with van der Waals surface area (Å²) in [7, 11) is 0. The lowest BCUT2D eigenvalue weighted by Gasteiger charge is -2.35. The van der Waals surface area contributed by atoms with Crippen molar-refractivity contribution < 1.29 is 4.79 Å². The summed E-state index contributed by atoms with van der Waals surface area (Å²) >= 11 is 0. The number of rotatable bonds is 11. The second-order valence-electron chi connectivity index (χ2n) is 7.61. The lowest BCUT2D eigenvalue weighted by atomic mass is 9.85. The minimum absolute atomic E-state index is 0.000779. The Labute approximate surface area is 170 Å². The molecule has 28 heavy (non-hydrogen) atoms. The molecule has 4 heteroatoms. The van der Waals surface area contributed by atoms with Crippen LogP contribution in [0.2, 0.25) is 0 Å². The topological polar surface area (TPSA) is 53.2 Å². The van der Waals surface area contributed by atoms with E-state index in [1.807, 2.05) is 30.3 Å². The third-order valence-corrected chi connectivity index (χ3v) is 5.42. The van der Waals surface area contributed by atoms with E-state index in [0.717, 1.165) is 49.9 Å². The number of hydrazine groups is 1. The van der Waals surface area contributed by atoms with Gasteiger partial charge in [-0.25, -0.2) is 0 Å². The van der Waals surface area contributed by atoms with Gasteiger partial charge in [0, 0.05) is 5.69 Å². The summed E-state index contributed by atoms with van der Waals surface area (Å²) < 4.78 is 0. The molecule has 0 saturated carbocycles. The van der Waals surface area contributed by atoms with Gasteiger partial charge in [0.25, 0.3) is 5.91 Å². The molecule has 0 radical (unpaired) electrons. The fraction of sp³-hybridized carbons (Fsp3) is 0.458. The van der Waals surface area contributed by atoms with E-state index in [1.54, 1.807) is 0 Å². The molecule has 0 spiro atoms. The predicted molar refractivity (Wildman–Crippen MR) is 120 cm³/mol. The average Bonchev–Trinajstić information content (AvgIpc) is 2.72. The number of carbonyl (C=O) groups excluding carboxylic acids is 1. The quantitative estimate of drug-likeness (QED) is 0.420. The normalized spacial score (nSPS) is 11.1. The molecule has 0 aliphatic heterocycles. The first kappa shape index (κ1) is 21.8. The molecular weight excluding hydrogens is 346 g/mol. The first-order valence-corrected chi connectivity index (χ1v) is 10.5. The molecule has 0 aromatic heterocycles. The standard InChI is InChI=1S/C24H35N3O/c1-5-7-17-24(18-8-6-2,25-22-16-12-13-19(3)20(22)4)23(28)27-26-21-14-10-9-11-15-21/h9-16,25-26H,5-8,17-18H2,1-4H3,(H,27,28). The van der Waals surface area contributed by atoms with Crippen LogP contribution >= 0.6 is 0 Å². The molecular formula is C24H35N3O. The third-order valence-electron chi connectivity index (χ3n) is 5.42. The van der Waals surface area contributed by atoms with Crippen LogP contribution in [-0.4, -0.2) is 11.4 Å². The van der Waals surface area contributed by atoms with Crippen LogP contribution in [0.4, 0.5) is 11.4 Å². The fourth-order valence-electron chi connectivity index (χ4n) is 3.41. The summed E-state index contributed by atoms with van der Waals surface area (Å²) in [4.78, 5) is 13.4. The van der Waals surface area contributed by atoms with Crippen molar-refractivity contribution in [3.63, 3.8) is 0 Å². The van der Waals surface area contributed by atoms with Crippen molar-refractivity contribution >= 4 is 17.3 Å². The Bertz CT molecular complexity index is 735. The van der Waals surface area contributed by atoms with E-state index in [4.69, 9.17) is 0 Å². The van der Waals surface area contributed by atoms with E-state index in [9.17, 15) is 4.79 Å². The lowest BCUT2D eigenvalue weighted by Crippen LogP contribution is -2.54. The molecule has 2 aromatic rings. The number of anilines is 2. The van der Waals surface area contributed by atoms with E-state index < -0.39 is 5.54 Å². The van der Waals surface area contributed by atoms with Gasteiger partial charge in [0.05, 0.1) is 5.69 Å². The summed E-state index contributed by atoms with van der Waals surface area (Å²) in [5, 5.41) is 3.66. The van der Waals surface area contributed by atoms with Crippen molar-refractivity contribution in [3.8, 4) is 0 Å². The van der Waals surface area contributed by atoms with E-state index in [2.05, 4.69) is 62.1 Å². The highest BCUT2D eigenvalue weighted by Crippen LogP contribution is 2.30. The Morgan fingerprint density at radius 2 is 1.54 bits per heavy atom. The number of unbranched alkanes of at least 4 members (excludes halogenated alkanes) is 2. The second-order valence-corrected chi connectivity index (χ2v) is 7.61.